The van der Waals surface area contributed by atoms with Crippen molar-refractivity contribution in [1.82, 2.24) is 0 Å². The standard InChI is InChI=1S/C9H10N2/c10-8-5-6-11-9-4-2-1-3-7(8)9/h1-4,6,8H,5,10H2. The van der Waals surface area contributed by atoms with Crippen molar-refractivity contribution in [1.29, 1.82) is 0 Å². The minimum absolute atomic E-state index is 0.142. The van der Waals surface area contributed by atoms with Gasteiger partial charge in [-0.15, -0.1) is 0 Å². The Hall–Kier alpha value is -1.15. The summed E-state index contributed by atoms with van der Waals surface area (Å²) in [6.45, 7) is 0. The van der Waals surface area contributed by atoms with Gasteiger partial charge in [0.25, 0.3) is 0 Å². The second-order valence-corrected chi connectivity index (χ2v) is 2.71. The highest BCUT2D eigenvalue weighted by Gasteiger charge is 2.11. The molecule has 11 heavy (non-hydrogen) atoms. The van der Waals surface area contributed by atoms with Gasteiger partial charge in [0.2, 0.25) is 0 Å². The van der Waals surface area contributed by atoms with Gasteiger partial charge in [-0.3, -0.25) is 4.99 Å². The lowest BCUT2D eigenvalue weighted by Gasteiger charge is -2.15. The predicted molar refractivity (Wildman–Crippen MR) is 46.1 cm³/mol. The highest BCUT2D eigenvalue weighted by atomic mass is 14.8. The van der Waals surface area contributed by atoms with Gasteiger partial charge in [0.15, 0.2) is 0 Å². The zero-order valence-electron chi connectivity index (χ0n) is 6.20. The lowest BCUT2D eigenvalue weighted by molar-refractivity contribution is 0.760. The lowest BCUT2D eigenvalue weighted by atomic mass is 10.0. The van der Waals surface area contributed by atoms with E-state index in [1.165, 1.54) is 0 Å². The van der Waals surface area contributed by atoms with Crippen LogP contribution in [0, 0.1) is 0 Å². The molecule has 0 aromatic heterocycles. The maximum Gasteiger partial charge on any atom is 0.0673 e. The summed E-state index contributed by atoms with van der Waals surface area (Å²) in [5.74, 6) is 0. The Kier molecular flexibility index (Phi) is 1.47. The van der Waals surface area contributed by atoms with Crippen molar-refractivity contribution in [3.05, 3.63) is 29.8 Å². The Morgan fingerprint density at radius 1 is 1.36 bits per heavy atom. The quantitative estimate of drug-likeness (QED) is 0.595. The minimum Gasteiger partial charge on any atom is -0.324 e. The van der Waals surface area contributed by atoms with Crippen LogP contribution in [0.2, 0.25) is 0 Å². The summed E-state index contributed by atoms with van der Waals surface area (Å²) in [6, 6.07) is 8.15. The molecule has 0 amide bonds. The fourth-order valence-electron chi connectivity index (χ4n) is 1.31. The monoisotopic (exact) mass is 146 g/mol. The van der Waals surface area contributed by atoms with Gasteiger partial charge in [-0.25, -0.2) is 0 Å². The van der Waals surface area contributed by atoms with Crippen molar-refractivity contribution in [3.63, 3.8) is 0 Å². The predicted octanol–water partition coefficient (Wildman–Crippen LogP) is 1.79. The van der Waals surface area contributed by atoms with Gasteiger partial charge in [-0.1, -0.05) is 18.2 Å². The van der Waals surface area contributed by atoms with Gasteiger partial charge < -0.3 is 5.73 Å². The molecular formula is C9H10N2. The summed E-state index contributed by atoms with van der Waals surface area (Å²) in [6.07, 6.45) is 2.74. The van der Waals surface area contributed by atoms with Crippen molar-refractivity contribution in [2.24, 2.45) is 10.7 Å². The first-order valence-corrected chi connectivity index (χ1v) is 3.75. The third-order valence-electron chi connectivity index (χ3n) is 1.93. The van der Waals surface area contributed by atoms with Crippen LogP contribution in [0.5, 0.6) is 0 Å². The summed E-state index contributed by atoms with van der Waals surface area (Å²) in [4.78, 5) is 4.24. The molecule has 0 saturated carbocycles. The fraction of sp³-hybridized carbons (Fsp3) is 0.222. The Labute approximate surface area is 65.8 Å². The molecule has 1 aliphatic heterocycles. The second kappa shape index (κ2) is 2.47. The van der Waals surface area contributed by atoms with Gasteiger partial charge >= 0.3 is 0 Å². The molecule has 1 aromatic rings. The number of nitrogens with two attached hydrogens (primary N) is 1. The number of hydrogen-bond donors (Lipinski definition) is 1. The normalized spacial score (nSPS) is 21.4. The molecule has 2 nitrogen and oxygen atoms in total. The van der Waals surface area contributed by atoms with E-state index in [0.29, 0.717) is 0 Å². The summed E-state index contributed by atoms with van der Waals surface area (Å²) in [5, 5.41) is 0. The van der Waals surface area contributed by atoms with E-state index in [9.17, 15) is 0 Å². The maximum atomic E-state index is 5.86. The molecule has 0 aliphatic carbocycles. The van der Waals surface area contributed by atoms with Crippen molar-refractivity contribution >= 4 is 11.9 Å². The van der Waals surface area contributed by atoms with E-state index in [0.717, 1.165) is 17.7 Å². The first-order valence-electron chi connectivity index (χ1n) is 3.75. The van der Waals surface area contributed by atoms with Crippen LogP contribution >= 0.6 is 0 Å². The van der Waals surface area contributed by atoms with Crippen LogP contribution < -0.4 is 5.73 Å². The van der Waals surface area contributed by atoms with Crippen molar-refractivity contribution in [2.45, 2.75) is 12.5 Å². The van der Waals surface area contributed by atoms with Gasteiger partial charge in [-0.2, -0.15) is 0 Å². The maximum absolute atomic E-state index is 5.86. The molecule has 0 bridgehead atoms. The summed E-state index contributed by atoms with van der Waals surface area (Å²) in [5.41, 5.74) is 8.04. The van der Waals surface area contributed by atoms with Gasteiger partial charge in [0.1, 0.15) is 0 Å². The van der Waals surface area contributed by atoms with E-state index in [4.69, 9.17) is 5.73 Å². The van der Waals surface area contributed by atoms with Crippen LogP contribution in [0.25, 0.3) is 0 Å². The largest absolute Gasteiger partial charge is 0.324 e. The molecular weight excluding hydrogens is 136 g/mol. The number of rotatable bonds is 0. The molecule has 0 fully saturated rings. The molecule has 1 unspecified atom stereocenters. The van der Waals surface area contributed by atoms with Crippen LogP contribution in [-0.2, 0) is 0 Å². The molecule has 2 rings (SSSR count). The van der Waals surface area contributed by atoms with Crippen molar-refractivity contribution in [3.8, 4) is 0 Å². The van der Waals surface area contributed by atoms with E-state index < -0.39 is 0 Å². The van der Waals surface area contributed by atoms with Gasteiger partial charge in [-0.05, 0) is 11.6 Å². The molecule has 1 aliphatic rings. The second-order valence-electron chi connectivity index (χ2n) is 2.71. The van der Waals surface area contributed by atoms with Crippen LogP contribution in [0.1, 0.15) is 18.0 Å². The third-order valence-corrected chi connectivity index (χ3v) is 1.93. The van der Waals surface area contributed by atoms with Gasteiger partial charge in [0, 0.05) is 18.7 Å². The van der Waals surface area contributed by atoms with Crippen molar-refractivity contribution in [2.75, 3.05) is 0 Å². The molecule has 1 aromatic carbocycles. The average Bonchev–Trinajstić information content (AvgIpc) is 2.06. The molecule has 2 heteroatoms. The van der Waals surface area contributed by atoms with Crippen molar-refractivity contribution < 1.29 is 0 Å². The van der Waals surface area contributed by atoms with Crippen LogP contribution in [0.15, 0.2) is 29.3 Å². The zero-order chi connectivity index (χ0) is 7.68. The number of nitrogens with zero attached hydrogens (tertiary/aromatic N) is 1. The fourth-order valence-corrected chi connectivity index (χ4v) is 1.31. The van der Waals surface area contributed by atoms with E-state index in [-0.39, 0.29) is 6.04 Å². The van der Waals surface area contributed by atoms with E-state index in [2.05, 4.69) is 4.99 Å². The first-order chi connectivity index (χ1) is 5.38. The summed E-state index contributed by atoms with van der Waals surface area (Å²) >= 11 is 0. The number of benzene rings is 1. The number of hydrogen-bond acceptors (Lipinski definition) is 2. The smallest absolute Gasteiger partial charge is 0.0673 e. The van der Waals surface area contributed by atoms with E-state index in [1.54, 1.807) is 0 Å². The van der Waals surface area contributed by atoms with Crippen LogP contribution in [0.4, 0.5) is 5.69 Å². The minimum atomic E-state index is 0.142. The molecule has 0 saturated heterocycles. The van der Waals surface area contributed by atoms with Crippen LogP contribution in [0.3, 0.4) is 0 Å². The average molecular weight is 146 g/mol. The number of fused-ring (bicyclic) bond motifs is 1. The molecule has 1 heterocycles. The first kappa shape index (κ1) is 6.55. The third kappa shape index (κ3) is 1.05. The number of para-hydroxylation sites is 1. The van der Waals surface area contributed by atoms with Crippen LogP contribution in [-0.4, -0.2) is 6.21 Å². The molecule has 0 spiro atoms. The molecule has 0 radical (unpaired) electrons. The summed E-state index contributed by atoms with van der Waals surface area (Å²) < 4.78 is 0. The lowest BCUT2D eigenvalue weighted by Crippen LogP contribution is -2.13. The zero-order valence-corrected chi connectivity index (χ0v) is 6.20. The Bertz CT molecular complexity index is 291. The van der Waals surface area contributed by atoms with E-state index >= 15 is 0 Å². The van der Waals surface area contributed by atoms with Gasteiger partial charge in [0.05, 0.1) is 5.69 Å². The topological polar surface area (TPSA) is 38.4 Å². The molecule has 2 N–H and O–H groups in total. The summed E-state index contributed by atoms with van der Waals surface area (Å²) in [7, 11) is 0. The van der Waals surface area contributed by atoms with E-state index in [1.807, 2.05) is 30.5 Å². The SMILES string of the molecule is NC1CC=Nc2ccccc21. The molecule has 56 valence electrons. The highest BCUT2D eigenvalue weighted by Crippen LogP contribution is 2.28. The highest BCUT2D eigenvalue weighted by molar-refractivity contribution is 5.69. The Balaban J connectivity index is 2.54. The molecule has 1 atom stereocenters. The Morgan fingerprint density at radius 2 is 2.18 bits per heavy atom. The number of aliphatic imine (C=N–C) groups is 1. The Morgan fingerprint density at radius 3 is 3.00 bits per heavy atom.